The highest BCUT2D eigenvalue weighted by Gasteiger charge is 2.29. The molecule has 0 bridgehead atoms. The zero-order chi connectivity index (χ0) is 13.1. The topological polar surface area (TPSA) is 38.9 Å². The van der Waals surface area contributed by atoms with Crippen LogP contribution in [0.5, 0.6) is 0 Å². The van der Waals surface area contributed by atoms with Gasteiger partial charge < -0.3 is 5.73 Å². The minimum absolute atomic E-state index is 0.190. The number of rotatable bonds is 3. The van der Waals surface area contributed by atoms with Crippen LogP contribution in [0.25, 0.3) is 0 Å². The summed E-state index contributed by atoms with van der Waals surface area (Å²) >= 11 is 0. The molecule has 0 radical (unpaired) electrons. The Bertz CT molecular complexity index is 380. The van der Waals surface area contributed by atoms with E-state index in [0.29, 0.717) is 5.92 Å². The lowest BCUT2D eigenvalue weighted by atomic mass is 9.72. The summed E-state index contributed by atoms with van der Waals surface area (Å²) < 4.78 is 0. The highest BCUT2D eigenvalue weighted by molar-refractivity contribution is 5.24. The third kappa shape index (κ3) is 2.92. The van der Waals surface area contributed by atoms with Crippen molar-refractivity contribution in [3.8, 4) is 0 Å². The van der Waals surface area contributed by atoms with Crippen molar-refractivity contribution in [2.24, 2.45) is 17.6 Å². The molecule has 0 aliphatic heterocycles. The van der Waals surface area contributed by atoms with Crippen LogP contribution < -0.4 is 5.73 Å². The van der Waals surface area contributed by atoms with Crippen LogP contribution in [0.3, 0.4) is 0 Å². The van der Waals surface area contributed by atoms with Crippen LogP contribution in [0.4, 0.5) is 0 Å². The zero-order valence-corrected chi connectivity index (χ0v) is 11.9. The first-order valence-electron chi connectivity index (χ1n) is 7.32. The number of aromatic nitrogens is 1. The molecular formula is C16H26N2. The van der Waals surface area contributed by atoms with E-state index in [2.05, 4.69) is 37.9 Å². The van der Waals surface area contributed by atoms with Crippen molar-refractivity contribution in [1.82, 2.24) is 4.98 Å². The van der Waals surface area contributed by atoms with Gasteiger partial charge in [0.25, 0.3) is 0 Å². The van der Waals surface area contributed by atoms with E-state index < -0.39 is 0 Å². The maximum absolute atomic E-state index is 6.55. The fourth-order valence-corrected chi connectivity index (χ4v) is 3.52. The van der Waals surface area contributed by atoms with Crippen molar-refractivity contribution in [2.75, 3.05) is 0 Å². The molecule has 0 aromatic carbocycles. The summed E-state index contributed by atoms with van der Waals surface area (Å²) in [5, 5.41) is 0. The summed E-state index contributed by atoms with van der Waals surface area (Å²) in [4.78, 5) is 4.45. The minimum Gasteiger partial charge on any atom is -0.324 e. The van der Waals surface area contributed by atoms with Gasteiger partial charge in [-0.2, -0.15) is 0 Å². The molecule has 1 aliphatic rings. The average Bonchev–Trinajstić information content (AvgIpc) is 2.36. The quantitative estimate of drug-likeness (QED) is 0.878. The first-order valence-corrected chi connectivity index (χ1v) is 7.32. The molecule has 0 amide bonds. The number of hydrogen-bond donors (Lipinski definition) is 1. The van der Waals surface area contributed by atoms with E-state index in [-0.39, 0.29) is 6.04 Å². The average molecular weight is 246 g/mol. The van der Waals surface area contributed by atoms with Crippen molar-refractivity contribution < 1.29 is 0 Å². The van der Waals surface area contributed by atoms with E-state index in [1.165, 1.54) is 37.7 Å². The summed E-state index contributed by atoms with van der Waals surface area (Å²) in [5.41, 5.74) is 10.0. The van der Waals surface area contributed by atoms with Crippen LogP contribution >= 0.6 is 0 Å². The number of nitrogens with two attached hydrogens (primary N) is 1. The maximum Gasteiger partial charge on any atom is 0.0379 e. The van der Waals surface area contributed by atoms with E-state index in [0.717, 1.165) is 17.3 Å². The molecule has 1 saturated carbocycles. The highest BCUT2D eigenvalue weighted by atomic mass is 14.7. The Balaban J connectivity index is 2.20. The predicted octanol–water partition coefficient (Wildman–Crippen LogP) is 3.91. The van der Waals surface area contributed by atoms with Crippen LogP contribution in [0.15, 0.2) is 12.1 Å². The normalized spacial score (nSPS) is 26.0. The number of aryl methyl sites for hydroxylation is 2. The third-order valence-corrected chi connectivity index (χ3v) is 4.44. The second-order valence-electron chi connectivity index (χ2n) is 5.83. The zero-order valence-electron chi connectivity index (χ0n) is 11.9. The summed E-state index contributed by atoms with van der Waals surface area (Å²) in [7, 11) is 0. The Kier molecular flexibility index (Phi) is 4.39. The van der Waals surface area contributed by atoms with E-state index in [1.807, 2.05) is 0 Å². The molecule has 1 aromatic rings. The van der Waals surface area contributed by atoms with Crippen LogP contribution in [-0.4, -0.2) is 4.98 Å². The smallest absolute Gasteiger partial charge is 0.0379 e. The van der Waals surface area contributed by atoms with E-state index >= 15 is 0 Å². The molecule has 18 heavy (non-hydrogen) atoms. The molecular weight excluding hydrogens is 220 g/mol. The first-order chi connectivity index (χ1) is 8.61. The lowest BCUT2D eigenvalue weighted by molar-refractivity contribution is 0.196. The van der Waals surface area contributed by atoms with Crippen molar-refractivity contribution in [3.05, 3.63) is 29.1 Å². The van der Waals surface area contributed by atoms with Crippen molar-refractivity contribution in [2.45, 2.75) is 58.9 Å². The number of nitrogens with zero attached hydrogens (tertiary/aromatic N) is 1. The van der Waals surface area contributed by atoms with Gasteiger partial charge in [0, 0.05) is 17.4 Å². The van der Waals surface area contributed by atoms with Gasteiger partial charge in [0.15, 0.2) is 0 Å². The maximum atomic E-state index is 6.55. The molecule has 2 rings (SSSR count). The van der Waals surface area contributed by atoms with Gasteiger partial charge in [-0.25, -0.2) is 0 Å². The summed E-state index contributed by atoms with van der Waals surface area (Å²) in [6.45, 7) is 6.42. The molecule has 1 aromatic heterocycles. The highest BCUT2D eigenvalue weighted by Crippen LogP contribution is 2.39. The van der Waals surface area contributed by atoms with Gasteiger partial charge in [0.05, 0.1) is 0 Å². The van der Waals surface area contributed by atoms with E-state index in [1.54, 1.807) is 0 Å². The lowest BCUT2D eigenvalue weighted by Crippen LogP contribution is -2.30. The van der Waals surface area contributed by atoms with Gasteiger partial charge in [-0.3, -0.25) is 4.98 Å². The predicted molar refractivity (Wildman–Crippen MR) is 76.4 cm³/mol. The fourth-order valence-electron chi connectivity index (χ4n) is 3.52. The summed E-state index contributed by atoms with van der Waals surface area (Å²) in [5.74, 6) is 1.47. The summed E-state index contributed by atoms with van der Waals surface area (Å²) in [6.07, 6.45) is 6.65. The molecule has 0 saturated heterocycles. The second kappa shape index (κ2) is 5.83. The Morgan fingerprint density at radius 1 is 1.22 bits per heavy atom. The number of hydrogen-bond acceptors (Lipinski definition) is 2. The molecule has 100 valence electrons. The van der Waals surface area contributed by atoms with Crippen LogP contribution in [-0.2, 0) is 0 Å². The van der Waals surface area contributed by atoms with Gasteiger partial charge >= 0.3 is 0 Å². The van der Waals surface area contributed by atoms with Gasteiger partial charge in [-0.15, -0.1) is 0 Å². The Morgan fingerprint density at radius 3 is 2.44 bits per heavy atom. The molecule has 3 unspecified atom stereocenters. The largest absolute Gasteiger partial charge is 0.324 e. The Hall–Kier alpha value is -0.890. The molecule has 1 heterocycles. The van der Waals surface area contributed by atoms with Gasteiger partial charge in [0.1, 0.15) is 0 Å². The Morgan fingerprint density at radius 2 is 1.83 bits per heavy atom. The molecule has 0 spiro atoms. The SMILES string of the molecule is CCC1CCCCC1C(N)c1cc(C)nc(C)c1. The molecule has 2 nitrogen and oxygen atoms in total. The van der Waals surface area contributed by atoms with Crippen molar-refractivity contribution >= 4 is 0 Å². The molecule has 2 heteroatoms. The van der Waals surface area contributed by atoms with Gasteiger partial charge in [-0.1, -0.05) is 32.6 Å². The first kappa shape index (κ1) is 13.5. The van der Waals surface area contributed by atoms with Crippen LogP contribution in [0.1, 0.15) is 62.0 Å². The molecule has 3 atom stereocenters. The monoisotopic (exact) mass is 246 g/mol. The van der Waals surface area contributed by atoms with E-state index in [4.69, 9.17) is 5.73 Å². The lowest BCUT2D eigenvalue weighted by Gasteiger charge is -2.35. The standard InChI is InChI=1S/C16H26N2/c1-4-13-7-5-6-8-15(13)16(17)14-9-11(2)18-12(3)10-14/h9-10,13,15-16H,4-8,17H2,1-3H3. The summed E-state index contributed by atoms with van der Waals surface area (Å²) in [6, 6.07) is 4.52. The Labute approximate surface area is 111 Å². The van der Waals surface area contributed by atoms with Crippen LogP contribution in [0.2, 0.25) is 0 Å². The fraction of sp³-hybridized carbons (Fsp3) is 0.688. The van der Waals surface area contributed by atoms with Gasteiger partial charge in [-0.05, 0) is 49.8 Å². The van der Waals surface area contributed by atoms with Gasteiger partial charge in [0.2, 0.25) is 0 Å². The minimum atomic E-state index is 0.190. The molecule has 2 N–H and O–H groups in total. The third-order valence-electron chi connectivity index (χ3n) is 4.44. The van der Waals surface area contributed by atoms with Crippen molar-refractivity contribution in [1.29, 1.82) is 0 Å². The number of pyridine rings is 1. The van der Waals surface area contributed by atoms with Crippen molar-refractivity contribution in [3.63, 3.8) is 0 Å². The molecule has 1 aliphatic carbocycles. The van der Waals surface area contributed by atoms with Crippen LogP contribution in [0, 0.1) is 25.7 Å². The molecule has 1 fully saturated rings. The second-order valence-corrected chi connectivity index (χ2v) is 5.83. The van der Waals surface area contributed by atoms with E-state index in [9.17, 15) is 0 Å².